The number of hydrogen-bond acceptors (Lipinski definition) is 4. The molecular formula is C20H22BrNO4. The number of nitrogens with zero attached hydrogens (tertiary/aromatic N) is 1. The van der Waals surface area contributed by atoms with E-state index in [-0.39, 0.29) is 12.1 Å². The first-order valence-corrected chi connectivity index (χ1v) is 9.32. The van der Waals surface area contributed by atoms with Crippen molar-refractivity contribution in [3.05, 3.63) is 57.6 Å². The minimum atomic E-state index is -0.305. The fourth-order valence-corrected chi connectivity index (χ4v) is 3.62. The van der Waals surface area contributed by atoms with Gasteiger partial charge in [0, 0.05) is 11.0 Å². The standard InChI is InChI=1S/C20H22BrNO4/c1-4-26-20(23)22-10-9-14-11-17(24-2)18(25-3)12-16(14)19(22)13-5-7-15(21)8-6-13/h5-8,11-12,19H,4,9-10H2,1-3H3. The number of carbonyl (C=O) groups is 1. The van der Waals surface area contributed by atoms with Gasteiger partial charge in [-0.25, -0.2) is 4.79 Å². The molecule has 1 amide bonds. The lowest BCUT2D eigenvalue weighted by Gasteiger charge is -2.37. The Balaban J connectivity index is 2.13. The molecule has 26 heavy (non-hydrogen) atoms. The molecule has 0 aliphatic carbocycles. The van der Waals surface area contributed by atoms with Crippen molar-refractivity contribution in [1.29, 1.82) is 0 Å². The predicted molar refractivity (Wildman–Crippen MR) is 103 cm³/mol. The number of methoxy groups -OCH3 is 2. The normalized spacial score (nSPS) is 16.0. The van der Waals surface area contributed by atoms with E-state index in [0.29, 0.717) is 24.7 Å². The van der Waals surface area contributed by atoms with E-state index in [1.807, 2.05) is 43.3 Å². The van der Waals surface area contributed by atoms with E-state index in [9.17, 15) is 4.79 Å². The Morgan fingerprint density at radius 3 is 2.42 bits per heavy atom. The fourth-order valence-electron chi connectivity index (χ4n) is 3.35. The zero-order chi connectivity index (χ0) is 18.7. The molecule has 138 valence electrons. The van der Waals surface area contributed by atoms with Gasteiger partial charge in [-0.1, -0.05) is 28.1 Å². The number of carbonyl (C=O) groups excluding carboxylic acids is 1. The maximum absolute atomic E-state index is 12.6. The number of benzene rings is 2. The molecule has 0 aromatic heterocycles. The van der Waals surface area contributed by atoms with Gasteiger partial charge in [0.2, 0.25) is 0 Å². The van der Waals surface area contributed by atoms with Gasteiger partial charge in [-0.2, -0.15) is 0 Å². The number of ether oxygens (including phenoxy) is 3. The smallest absolute Gasteiger partial charge is 0.410 e. The molecule has 3 rings (SSSR count). The molecule has 1 atom stereocenters. The first kappa shape index (κ1) is 18.6. The minimum absolute atomic E-state index is 0.231. The zero-order valence-electron chi connectivity index (χ0n) is 15.1. The highest BCUT2D eigenvalue weighted by Gasteiger charge is 2.34. The largest absolute Gasteiger partial charge is 0.493 e. The Hall–Kier alpha value is -2.21. The van der Waals surface area contributed by atoms with Crippen molar-refractivity contribution in [3.63, 3.8) is 0 Å². The van der Waals surface area contributed by atoms with Gasteiger partial charge in [0.1, 0.15) is 0 Å². The summed E-state index contributed by atoms with van der Waals surface area (Å²) in [4.78, 5) is 14.4. The lowest BCUT2D eigenvalue weighted by atomic mass is 9.88. The van der Waals surface area contributed by atoms with Gasteiger partial charge in [0.25, 0.3) is 0 Å². The summed E-state index contributed by atoms with van der Waals surface area (Å²) in [6.07, 6.45) is 0.433. The van der Waals surface area contributed by atoms with E-state index < -0.39 is 0 Å². The lowest BCUT2D eigenvalue weighted by molar-refractivity contribution is 0.0936. The molecule has 0 spiro atoms. The fraction of sp³-hybridized carbons (Fsp3) is 0.350. The van der Waals surface area contributed by atoms with Crippen LogP contribution in [-0.4, -0.2) is 38.4 Å². The topological polar surface area (TPSA) is 48.0 Å². The van der Waals surface area contributed by atoms with Gasteiger partial charge in [0.15, 0.2) is 11.5 Å². The molecule has 0 bridgehead atoms. The van der Waals surface area contributed by atoms with Gasteiger partial charge >= 0.3 is 6.09 Å². The van der Waals surface area contributed by atoms with Crippen LogP contribution in [0.15, 0.2) is 40.9 Å². The molecule has 0 fully saturated rings. The van der Waals surface area contributed by atoms with E-state index in [0.717, 1.165) is 27.6 Å². The molecule has 2 aromatic carbocycles. The zero-order valence-corrected chi connectivity index (χ0v) is 16.7. The molecule has 0 N–H and O–H groups in total. The molecule has 1 aliphatic rings. The molecular weight excluding hydrogens is 398 g/mol. The Labute approximate surface area is 162 Å². The van der Waals surface area contributed by atoms with Crippen molar-refractivity contribution in [2.24, 2.45) is 0 Å². The number of hydrogen-bond donors (Lipinski definition) is 0. The van der Waals surface area contributed by atoms with E-state index in [1.54, 1.807) is 19.1 Å². The first-order chi connectivity index (χ1) is 12.6. The Kier molecular flexibility index (Phi) is 5.71. The van der Waals surface area contributed by atoms with Gasteiger partial charge in [-0.15, -0.1) is 0 Å². The summed E-state index contributed by atoms with van der Waals surface area (Å²) < 4.78 is 17.2. The summed E-state index contributed by atoms with van der Waals surface area (Å²) in [5, 5.41) is 0. The van der Waals surface area contributed by atoms with Crippen LogP contribution < -0.4 is 9.47 Å². The van der Waals surface area contributed by atoms with Gasteiger partial charge in [-0.05, 0) is 54.3 Å². The summed E-state index contributed by atoms with van der Waals surface area (Å²) in [5.74, 6) is 1.35. The minimum Gasteiger partial charge on any atom is -0.493 e. The molecule has 1 unspecified atom stereocenters. The summed E-state index contributed by atoms with van der Waals surface area (Å²) in [6, 6.07) is 11.7. The predicted octanol–water partition coefficient (Wildman–Crippen LogP) is 4.57. The SMILES string of the molecule is CCOC(=O)N1CCc2cc(OC)c(OC)cc2C1c1ccc(Br)cc1. The second kappa shape index (κ2) is 7.99. The van der Waals surface area contributed by atoms with Crippen molar-refractivity contribution in [2.45, 2.75) is 19.4 Å². The lowest BCUT2D eigenvalue weighted by Crippen LogP contribution is -2.41. The highest BCUT2D eigenvalue weighted by atomic mass is 79.9. The molecule has 1 aliphatic heterocycles. The molecule has 2 aromatic rings. The van der Waals surface area contributed by atoms with Crippen LogP contribution in [0.2, 0.25) is 0 Å². The van der Waals surface area contributed by atoms with Crippen LogP contribution in [0.5, 0.6) is 11.5 Å². The third kappa shape index (κ3) is 3.51. The summed E-state index contributed by atoms with van der Waals surface area (Å²) in [5.41, 5.74) is 3.20. The number of rotatable bonds is 4. The van der Waals surface area contributed by atoms with Crippen LogP contribution in [-0.2, 0) is 11.2 Å². The Morgan fingerprint density at radius 2 is 1.81 bits per heavy atom. The van der Waals surface area contributed by atoms with Crippen LogP contribution in [0.3, 0.4) is 0 Å². The maximum atomic E-state index is 12.6. The van der Waals surface area contributed by atoms with Gasteiger partial charge in [0.05, 0.1) is 26.9 Å². The Bertz CT molecular complexity index is 791. The number of amides is 1. The van der Waals surface area contributed by atoms with Crippen LogP contribution in [0.1, 0.15) is 29.7 Å². The number of fused-ring (bicyclic) bond motifs is 1. The third-order valence-corrected chi connectivity index (χ3v) is 5.09. The second-order valence-corrected chi connectivity index (χ2v) is 6.92. The maximum Gasteiger partial charge on any atom is 0.410 e. The van der Waals surface area contributed by atoms with Crippen molar-refractivity contribution >= 4 is 22.0 Å². The summed E-state index contributed by atoms with van der Waals surface area (Å²) >= 11 is 3.47. The molecule has 5 nitrogen and oxygen atoms in total. The van der Waals surface area contributed by atoms with Crippen LogP contribution >= 0.6 is 15.9 Å². The molecule has 6 heteroatoms. The van der Waals surface area contributed by atoms with E-state index in [4.69, 9.17) is 14.2 Å². The molecule has 0 saturated heterocycles. The highest BCUT2D eigenvalue weighted by molar-refractivity contribution is 9.10. The molecule has 1 heterocycles. The van der Waals surface area contributed by atoms with Crippen LogP contribution in [0, 0.1) is 0 Å². The van der Waals surface area contributed by atoms with E-state index in [2.05, 4.69) is 15.9 Å². The van der Waals surface area contributed by atoms with E-state index >= 15 is 0 Å². The van der Waals surface area contributed by atoms with Crippen LogP contribution in [0.4, 0.5) is 4.79 Å². The van der Waals surface area contributed by atoms with Crippen molar-refractivity contribution in [1.82, 2.24) is 4.90 Å². The quantitative estimate of drug-likeness (QED) is 0.727. The van der Waals surface area contributed by atoms with E-state index in [1.165, 1.54) is 0 Å². The average molecular weight is 420 g/mol. The van der Waals surface area contributed by atoms with Crippen molar-refractivity contribution in [2.75, 3.05) is 27.4 Å². The third-order valence-electron chi connectivity index (χ3n) is 4.56. The van der Waals surface area contributed by atoms with Gasteiger partial charge in [-0.3, -0.25) is 4.90 Å². The summed E-state index contributed by atoms with van der Waals surface area (Å²) in [7, 11) is 3.25. The first-order valence-electron chi connectivity index (χ1n) is 8.52. The highest BCUT2D eigenvalue weighted by Crippen LogP contribution is 2.41. The average Bonchev–Trinajstić information content (AvgIpc) is 2.66. The molecule has 0 saturated carbocycles. The summed E-state index contributed by atoms with van der Waals surface area (Å²) in [6.45, 7) is 2.75. The molecule has 0 radical (unpaired) electrons. The number of halogens is 1. The Morgan fingerprint density at radius 1 is 1.15 bits per heavy atom. The van der Waals surface area contributed by atoms with Crippen molar-refractivity contribution in [3.8, 4) is 11.5 Å². The second-order valence-electron chi connectivity index (χ2n) is 6.00. The monoisotopic (exact) mass is 419 g/mol. The van der Waals surface area contributed by atoms with Crippen molar-refractivity contribution < 1.29 is 19.0 Å². The van der Waals surface area contributed by atoms with Gasteiger partial charge < -0.3 is 14.2 Å². The van der Waals surface area contributed by atoms with Crippen LogP contribution in [0.25, 0.3) is 0 Å².